The van der Waals surface area contributed by atoms with Crippen molar-refractivity contribution in [2.45, 2.75) is 78.6 Å². The zero-order valence-corrected chi connectivity index (χ0v) is 22.4. The van der Waals surface area contributed by atoms with Gasteiger partial charge in [-0.25, -0.2) is 0 Å². The van der Waals surface area contributed by atoms with Crippen LogP contribution in [0.2, 0.25) is 0 Å². The maximum atomic E-state index is 15.6. The van der Waals surface area contributed by atoms with Crippen LogP contribution in [-0.4, -0.2) is 13.2 Å². The Hall–Kier alpha value is -2.81. The van der Waals surface area contributed by atoms with E-state index < -0.39 is 5.82 Å². The Morgan fingerprint density at radius 1 is 0.667 bits per heavy atom. The average Bonchev–Trinajstić information content (AvgIpc) is 2.92. The minimum atomic E-state index is -0.394. The van der Waals surface area contributed by atoms with Gasteiger partial charge in [0.15, 0.2) is 11.5 Å². The van der Waals surface area contributed by atoms with Crippen molar-refractivity contribution in [2.75, 3.05) is 13.2 Å². The van der Waals surface area contributed by atoms with Crippen LogP contribution in [0.25, 0.3) is 22.3 Å². The minimum absolute atomic E-state index is 0.283. The van der Waals surface area contributed by atoms with E-state index in [0.717, 1.165) is 54.4 Å². The molecule has 36 heavy (non-hydrogen) atoms. The van der Waals surface area contributed by atoms with Gasteiger partial charge in [-0.1, -0.05) is 114 Å². The highest BCUT2D eigenvalue weighted by molar-refractivity contribution is 5.75. The first-order valence-corrected chi connectivity index (χ1v) is 13.9. The molecule has 3 aromatic carbocycles. The van der Waals surface area contributed by atoms with Gasteiger partial charge in [-0.05, 0) is 54.0 Å². The molecule has 0 amide bonds. The summed E-state index contributed by atoms with van der Waals surface area (Å²) in [6.07, 6.45) is 10.2. The molecule has 0 spiro atoms. The third-order valence-corrected chi connectivity index (χ3v) is 6.90. The fourth-order valence-corrected chi connectivity index (χ4v) is 4.37. The van der Waals surface area contributed by atoms with Gasteiger partial charge in [-0.3, -0.25) is 0 Å². The standard InChI is InChI=1S/C33H43FO2/c1-4-6-7-8-9-13-24-35-31-23-22-30(33(32(31)34)36-25-14-15-26(3)5-2)29-20-18-28(19-21-29)27-16-11-10-12-17-27/h10-12,16-23,26H,4-9,13-15,24-25H2,1-3H3. The summed E-state index contributed by atoms with van der Waals surface area (Å²) in [4.78, 5) is 0. The second kappa shape index (κ2) is 15.3. The number of hydrogen-bond acceptors (Lipinski definition) is 2. The maximum Gasteiger partial charge on any atom is 0.207 e. The lowest BCUT2D eigenvalue weighted by molar-refractivity contribution is 0.262. The van der Waals surface area contributed by atoms with Crippen molar-refractivity contribution in [2.24, 2.45) is 5.92 Å². The largest absolute Gasteiger partial charge is 0.490 e. The molecule has 0 bridgehead atoms. The number of benzene rings is 3. The molecule has 0 N–H and O–H groups in total. The molecule has 0 aliphatic rings. The number of unbranched alkanes of at least 4 members (excludes halogenated alkanes) is 5. The van der Waals surface area contributed by atoms with Gasteiger partial charge in [0.1, 0.15) is 0 Å². The van der Waals surface area contributed by atoms with Crippen LogP contribution >= 0.6 is 0 Å². The maximum absolute atomic E-state index is 15.6. The lowest BCUT2D eigenvalue weighted by atomic mass is 9.99. The van der Waals surface area contributed by atoms with E-state index >= 15 is 4.39 Å². The fourth-order valence-electron chi connectivity index (χ4n) is 4.37. The van der Waals surface area contributed by atoms with Crippen molar-refractivity contribution in [3.05, 3.63) is 72.5 Å². The van der Waals surface area contributed by atoms with E-state index in [2.05, 4.69) is 45.0 Å². The van der Waals surface area contributed by atoms with E-state index in [9.17, 15) is 0 Å². The van der Waals surface area contributed by atoms with Crippen molar-refractivity contribution >= 4 is 0 Å². The van der Waals surface area contributed by atoms with Gasteiger partial charge in [-0.15, -0.1) is 0 Å². The van der Waals surface area contributed by atoms with Gasteiger partial charge < -0.3 is 9.47 Å². The third kappa shape index (κ3) is 8.40. The lowest BCUT2D eigenvalue weighted by Gasteiger charge is -2.17. The Morgan fingerprint density at radius 2 is 1.31 bits per heavy atom. The molecule has 1 atom stereocenters. The molecule has 1 unspecified atom stereocenters. The van der Waals surface area contributed by atoms with E-state index in [1.54, 1.807) is 6.07 Å². The number of halogens is 1. The zero-order valence-electron chi connectivity index (χ0n) is 22.4. The van der Waals surface area contributed by atoms with E-state index in [1.165, 1.54) is 25.7 Å². The second-order valence-electron chi connectivity index (χ2n) is 9.82. The van der Waals surface area contributed by atoms with Crippen LogP contribution in [0.1, 0.15) is 78.6 Å². The molecule has 3 heteroatoms. The smallest absolute Gasteiger partial charge is 0.207 e. The lowest BCUT2D eigenvalue weighted by Crippen LogP contribution is -2.06. The number of hydrogen-bond donors (Lipinski definition) is 0. The molecule has 0 aromatic heterocycles. The minimum Gasteiger partial charge on any atom is -0.490 e. The first-order valence-electron chi connectivity index (χ1n) is 13.9. The van der Waals surface area contributed by atoms with Gasteiger partial charge >= 0.3 is 0 Å². The Balaban J connectivity index is 1.74. The molecule has 0 aliphatic carbocycles. The van der Waals surface area contributed by atoms with Crippen molar-refractivity contribution in [1.29, 1.82) is 0 Å². The number of rotatable bonds is 16. The molecule has 0 fully saturated rings. The van der Waals surface area contributed by atoms with Crippen molar-refractivity contribution < 1.29 is 13.9 Å². The van der Waals surface area contributed by atoms with Crippen LogP contribution in [-0.2, 0) is 0 Å². The van der Waals surface area contributed by atoms with Gasteiger partial charge in [0.05, 0.1) is 13.2 Å². The highest BCUT2D eigenvalue weighted by Gasteiger charge is 2.18. The van der Waals surface area contributed by atoms with Gasteiger partial charge in [0.2, 0.25) is 5.82 Å². The molecule has 3 rings (SSSR count). The van der Waals surface area contributed by atoms with Crippen LogP contribution in [0.5, 0.6) is 11.5 Å². The van der Waals surface area contributed by atoms with Crippen LogP contribution in [0, 0.1) is 11.7 Å². The van der Waals surface area contributed by atoms with Crippen LogP contribution in [0.15, 0.2) is 66.7 Å². The molecule has 3 aromatic rings. The fraction of sp³-hybridized carbons (Fsp3) is 0.455. The molecule has 0 aliphatic heterocycles. The first kappa shape index (κ1) is 27.8. The molecular weight excluding hydrogens is 447 g/mol. The zero-order chi connectivity index (χ0) is 25.6. The predicted molar refractivity (Wildman–Crippen MR) is 150 cm³/mol. The monoisotopic (exact) mass is 490 g/mol. The Kier molecular flexibility index (Phi) is 11.8. The van der Waals surface area contributed by atoms with E-state index in [0.29, 0.717) is 24.9 Å². The van der Waals surface area contributed by atoms with Gasteiger partial charge in [-0.2, -0.15) is 4.39 Å². The molecule has 2 nitrogen and oxygen atoms in total. The summed E-state index contributed by atoms with van der Waals surface area (Å²) in [5, 5.41) is 0. The van der Waals surface area contributed by atoms with Crippen LogP contribution in [0.3, 0.4) is 0 Å². The third-order valence-electron chi connectivity index (χ3n) is 6.90. The van der Waals surface area contributed by atoms with E-state index in [-0.39, 0.29) is 5.75 Å². The molecule has 0 heterocycles. The van der Waals surface area contributed by atoms with E-state index in [1.807, 2.05) is 36.4 Å². The molecular formula is C33H43FO2. The molecule has 0 saturated heterocycles. The Morgan fingerprint density at radius 3 is 2.03 bits per heavy atom. The summed E-state index contributed by atoms with van der Waals surface area (Å²) in [7, 11) is 0. The topological polar surface area (TPSA) is 18.5 Å². The summed E-state index contributed by atoms with van der Waals surface area (Å²) in [6, 6.07) is 22.2. The van der Waals surface area contributed by atoms with Crippen LogP contribution in [0.4, 0.5) is 4.39 Å². The van der Waals surface area contributed by atoms with Crippen molar-refractivity contribution in [3.8, 4) is 33.8 Å². The summed E-state index contributed by atoms with van der Waals surface area (Å²) < 4.78 is 27.6. The Bertz CT molecular complexity index is 1010. The van der Waals surface area contributed by atoms with E-state index in [4.69, 9.17) is 9.47 Å². The van der Waals surface area contributed by atoms with Gasteiger partial charge in [0.25, 0.3) is 0 Å². The normalized spacial score (nSPS) is 11.9. The van der Waals surface area contributed by atoms with Crippen molar-refractivity contribution in [3.63, 3.8) is 0 Å². The Labute approximate surface area is 217 Å². The summed E-state index contributed by atoms with van der Waals surface area (Å²) in [5.41, 5.74) is 4.00. The average molecular weight is 491 g/mol. The van der Waals surface area contributed by atoms with Crippen molar-refractivity contribution in [1.82, 2.24) is 0 Å². The summed E-state index contributed by atoms with van der Waals surface area (Å²) in [6.45, 7) is 7.69. The molecule has 0 saturated carbocycles. The molecule has 0 radical (unpaired) electrons. The highest BCUT2D eigenvalue weighted by Crippen LogP contribution is 2.38. The summed E-state index contributed by atoms with van der Waals surface area (Å²) in [5.74, 6) is 0.835. The first-order chi connectivity index (χ1) is 17.6. The summed E-state index contributed by atoms with van der Waals surface area (Å²) >= 11 is 0. The second-order valence-corrected chi connectivity index (χ2v) is 9.82. The predicted octanol–water partition coefficient (Wildman–Crippen LogP) is 10.1. The highest BCUT2D eigenvalue weighted by atomic mass is 19.1. The molecule has 194 valence electrons. The van der Waals surface area contributed by atoms with Crippen LogP contribution < -0.4 is 9.47 Å². The SMILES string of the molecule is CCCCCCCCOc1ccc(-c2ccc(-c3ccccc3)cc2)c(OCCCC(C)CC)c1F. The van der Waals surface area contributed by atoms with Gasteiger partial charge in [0, 0.05) is 5.56 Å². The quantitative estimate of drug-likeness (QED) is 0.186. The number of ether oxygens (including phenoxy) is 2.